The third kappa shape index (κ3) is 3.40. The minimum Gasteiger partial charge on any atom is -0.293 e. The summed E-state index contributed by atoms with van der Waals surface area (Å²) in [6.07, 6.45) is 0. The monoisotopic (exact) mass is 659 g/mol. The maximum atomic E-state index is 5.60. The molecule has 3 nitrogen and oxygen atoms in total. The first-order valence-electron chi connectivity index (χ1n) is 17.9. The number of rotatable bonds is 2. The van der Waals surface area contributed by atoms with Crippen molar-refractivity contribution in [1.29, 1.82) is 0 Å². The summed E-state index contributed by atoms with van der Waals surface area (Å²) in [5, 5.41) is 5.95. The van der Waals surface area contributed by atoms with Crippen molar-refractivity contribution in [1.82, 2.24) is 14.5 Å². The van der Waals surface area contributed by atoms with Gasteiger partial charge >= 0.3 is 0 Å². The summed E-state index contributed by atoms with van der Waals surface area (Å²) in [5.41, 5.74) is 14.1. The second-order valence-corrected chi connectivity index (χ2v) is 14.0. The first-order valence-corrected chi connectivity index (χ1v) is 17.9. The summed E-state index contributed by atoms with van der Waals surface area (Å²) in [5.74, 6) is 1.61. The Morgan fingerprint density at radius 2 is 0.962 bits per heavy atom. The highest BCUT2D eigenvalue weighted by Crippen LogP contribution is 2.63. The van der Waals surface area contributed by atoms with E-state index in [4.69, 9.17) is 9.97 Å². The highest BCUT2D eigenvalue weighted by atomic mass is 15.1. The molecule has 8 aromatic carbocycles. The molecule has 0 saturated heterocycles. The van der Waals surface area contributed by atoms with Gasteiger partial charge in [-0.15, -0.1) is 0 Å². The van der Waals surface area contributed by atoms with Crippen molar-refractivity contribution in [3.05, 3.63) is 198 Å². The van der Waals surface area contributed by atoms with Gasteiger partial charge in [0.2, 0.25) is 0 Å². The number of fused-ring (bicyclic) bond motifs is 16. The second-order valence-electron chi connectivity index (χ2n) is 14.0. The van der Waals surface area contributed by atoms with Gasteiger partial charge in [-0.05, 0) is 79.5 Å². The Bertz CT molecular complexity index is 3100. The Kier molecular flexibility index (Phi) is 5.43. The fraction of sp³-hybridized carbons (Fsp3) is 0.0204. The van der Waals surface area contributed by atoms with Crippen molar-refractivity contribution < 1.29 is 0 Å². The van der Waals surface area contributed by atoms with Gasteiger partial charge in [0, 0.05) is 21.7 Å². The lowest BCUT2D eigenvalue weighted by Crippen LogP contribution is -2.25. The van der Waals surface area contributed by atoms with Crippen LogP contribution in [0.25, 0.3) is 82.9 Å². The molecule has 0 unspecified atom stereocenters. The van der Waals surface area contributed by atoms with Crippen LogP contribution in [0.2, 0.25) is 0 Å². The third-order valence-electron chi connectivity index (χ3n) is 11.6. The van der Waals surface area contributed by atoms with Crippen molar-refractivity contribution >= 4 is 43.5 Å². The molecule has 2 aliphatic carbocycles. The Hall–Kier alpha value is -6.84. The van der Waals surface area contributed by atoms with E-state index in [0.717, 1.165) is 39.1 Å². The Labute approximate surface area is 300 Å². The lowest BCUT2D eigenvalue weighted by Gasteiger charge is -2.30. The van der Waals surface area contributed by atoms with Gasteiger partial charge < -0.3 is 0 Å². The molecular weight excluding hydrogens is 631 g/mol. The molecule has 0 saturated carbocycles. The molecule has 2 aromatic heterocycles. The first kappa shape index (κ1) is 27.9. The summed E-state index contributed by atoms with van der Waals surface area (Å²) in [6, 6.07) is 63.9. The van der Waals surface area contributed by atoms with E-state index in [1.807, 2.05) is 0 Å². The average molecular weight is 660 g/mol. The smallest absolute Gasteiger partial charge is 0.162 e. The Morgan fingerprint density at radius 1 is 0.385 bits per heavy atom. The number of aromatic nitrogens is 3. The highest BCUT2D eigenvalue weighted by Gasteiger charge is 2.52. The van der Waals surface area contributed by atoms with Crippen molar-refractivity contribution in [2.45, 2.75) is 5.41 Å². The van der Waals surface area contributed by atoms with Crippen LogP contribution >= 0.6 is 0 Å². The lowest BCUT2D eigenvalue weighted by atomic mass is 9.70. The third-order valence-corrected chi connectivity index (χ3v) is 11.6. The number of benzene rings is 8. The molecule has 0 N–H and O–H groups in total. The molecule has 52 heavy (non-hydrogen) atoms. The van der Waals surface area contributed by atoms with Crippen LogP contribution in [0.5, 0.6) is 0 Å². The van der Waals surface area contributed by atoms with Gasteiger partial charge in [-0.1, -0.05) is 152 Å². The fourth-order valence-electron chi connectivity index (χ4n) is 9.65. The predicted molar refractivity (Wildman–Crippen MR) is 213 cm³/mol. The van der Waals surface area contributed by atoms with Gasteiger partial charge in [-0.2, -0.15) is 0 Å². The van der Waals surface area contributed by atoms with Crippen LogP contribution in [-0.4, -0.2) is 14.5 Å². The summed E-state index contributed by atoms with van der Waals surface area (Å²) in [7, 11) is 0. The van der Waals surface area contributed by atoms with Crippen LogP contribution < -0.4 is 0 Å². The van der Waals surface area contributed by atoms with Crippen molar-refractivity contribution in [3.8, 4) is 39.5 Å². The van der Waals surface area contributed by atoms with Gasteiger partial charge in [0.15, 0.2) is 5.82 Å². The standard InChI is InChI=1S/C49H29N3/c1-2-15-31-30(14-1)28-29-44-46(31)36-20-7-12-27-43(36)52(44)48-35-19-6-11-26-42(35)50-47(51-48)37-21-13-25-41-45(37)34-18-5-10-24-40(34)49(41)38-22-8-3-16-32(38)33-17-4-9-23-39(33)49/h1-29H. The molecule has 1 spiro atoms. The minimum atomic E-state index is -0.428. The van der Waals surface area contributed by atoms with Gasteiger partial charge in [0.1, 0.15) is 5.82 Å². The Morgan fingerprint density at radius 3 is 1.75 bits per heavy atom. The SMILES string of the molecule is c1ccc2c(c1)-c1ccccc1C21c2ccccc2-c2c(-c3nc(-n4c5ccccc5c5c6ccccc6ccc54)c4ccccc4n3)cccc21. The molecule has 0 atom stereocenters. The first-order chi connectivity index (χ1) is 25.8. The highest BCUT2D eigenvalue weighted by molar-refractivity contribution is 6.21. The summed E-state index contributed by atoms with van der Waals surface area (Å²) in [6.45, 7) is 0. The van der Waals surface area contributed by atoms with Crippen molar-refractivity contribution in [3.63, 3.8) is 0 Å². The zero-order valence-electron chi connectivity index (χ0n) is 28.1. The van der Waals surface area contributed by atoms with E-state index in [1.54, 1.807) is 0 Å². The summed E-state index contributed by atoms with van der Waals surface area (Å²) >= 11 is 0. The molecule has 0 amide bonds. The Balaban J connectivity index is 1.19. The van der Waals surface area contributed by atoms with Gasteiger partial charge in [-0.25, -0.2) is 9.97 Å². The molecule has 3 heteroatoms. The molecule has 2 heterocycles. The molecule has 0 aliphatic heterocycles. The van der Waals surface area contributed by atoms with Gasteiger partial charge in [0.25, 0.3) is 0 Å². The number of hydrogen-bond donors (Lipinski definition) is 0. The zero-order valence-corrected chi connectivity index (χ0v) is 28.1. The van der Waals surface area contributed by atoms with Crippen LogP contribution in [0, 0.1) is 0 Å². The molecule has 240 valence electrons. The number of nitrogens with zero attached hydrogens (tertiary/aromatic N) is 3. The molecule has 2 aliphatic rings. The largest absolute Gasteiger partial charge is 0.293 e. The maximum Gasteiger partial charge on any atom is 0.162 e. The maximum absolute atomic E-state index is 5.60. The van der Waals surface area contributed by atoms with Crippen LogP contribution in [-0.2, 0) is 5.41 Å². The summed E-state index contributed by atoms with van der Waals surface area (Å²) in [4.78, 5) is 11.0. The number of para-hydroxylation sites is 2. The van der Waals surface area contributed by atoms with Gasteiger partial charge in [-0.3, -0.25) is 4.57 Å². The van der Waals surface area contributed by atoms with Crippen molar-refractivity contribution in [2.24, 2.45) is 0 Å². The average Bonchev–Trinajstić information content (AvgIpc) is 3.83. The quantitative estimate of drug-likeness (QED) is 0.185. The minimum absolute atomic E-state index is 0.428. The number of hydrogen-bond acceptors (Lipinski definition) is 2. The lowest BCUT2D eigenvalue weighted by molar-refractivity contribution is 0.794. The second kappa shape index (κ2) is 10.1. The summed E-state index contributed by atoms with van der Waals surface area (Å²) < 4.78 is 2.35. The van der Waals surface area contributed by atoms with Crippen LogP contribution in [0.1, 0.15) is 22.3 Å². The molecular formula is C49H29N3. The van der Waals surface area contributed by atoms with E-state index >= 15 is 0 Å². The predicted octanol–water partition coefficient (Wildman–Crippen LogP) is 11.9. The van der Waals surface area contributed by atoms with E-state index in [-0.39, 0.29) is 0 Å². The molecule has 0 bridgehead atoms. The molecule has 0 fully saturated rings. The van der Waals surface area contributed by atoms with Crippen LogP contribution in [0.3, 0.4) is 0 Å². The van der Waals surface area contributed by atoms with E-state index < -0.39 is 5.41 Å². The topological polar surface area (TPSA) is 30.7 Å². The van der Waals surface area contributed by atoms with E-state index in [1.165, 1.54) is 66.1 Å². The van der Waals surface area contributed by atoms with Crippen molar-refractivity contribution in [2.75, 3.05) is 0 Å². The van der Waals surface area contributed by atoms with E-state index in [0.29, 0.717) is 0 Å². The van der Waals surface area contributed by atoms with E-state index in [2.05, 4.69) is 180 Å². The fourth-order valence-corrected chi connectivity index (χ4v) is 9.65. The molecule has 12 rings (SSSR count). The molecule has 0 radical (unpaired) electrons. The normalized spacial score (nSPS) is 13.5. The van der Waals surface area contributed by atoms with E-state index in [9.17, 15) is 0 Å². The van der Waals surface area contributed by atoms with Crippen LogP contribution in [0.15, 0.2) is 176 Å². The van der Waals surface area contributed by atoms with Gasteiger partial charge in [0.05, 0.1) is 22.0 Å². The zero-order chi connectivity index (χ0) is 34.0. The van der Waals surface area contributed by atoms with Crippen LogP contribution in [0.4, 0.5) is 0 Å². The molecule has 10 aromatic rings.